The van der Waals surface area contributed by atoms with Crippen LogP contribution in [0.25, 0.3) is 0 Å². The van der Waals surface area contributed by atoms with E-state index in [0.717, 1.165) is 12.1 Å². The van der Waals surface area contributed by atoms with Gasteiger partial charge in [-0.15, -0.1) is 0 Å². The third-order valence-electron chi connectivity index (χ3n) is 2.07. The number of nitrogens with zero attached hydrogens (tertiary/aromatic N) is 1. The number of nitro groups is 1. The highest BCUT2D eigenvalue weighted by Crippen LogP contribution is 2.24. The molecule has 0 aliphatic carbocycles. The van der Waals surface area contributed by atoms with Crippen molar-refractivity contribution in [3.63, 3.8) is 0 Å². The number of hydrogen-bond donors (Lipinski definition) is 1. The van der Waals surface area contributed by atoms with Crippen LogP contribution in [-0.4, -0.2) is 11.2 Å². The Morgan fingerprint density at radius 3 is 2.67 bits per heavy atom. The van der Waals surface area contributed by atoms with E-state index in [9.17, 15) is 19.3 Å². The second-order valence-electron chi connectivity index (χ2n) is 3.07. The molecule has 0 amide bonds. The quantitative estimate of drug-likeness (QED) is 0.464. The number of benzene rings is 1. The van der Waals surface area contributed by atoms with Gasteiger partial charge in [0.2, 0.25) is 0 Å². The average molecular weight is 212 g/mol. The van der Waals surface area contributed by atoms with Gasteiger partial charge in [-0.1, -0.05) is 0 Å². The molecule has 0 radical (unpaired) electrons. The molecule has 0 bridgehead atoms. The SMILES string of the molecule is Cc1c(F)cc([C@H](N)C=O)cc1[N+](=O)[O-]. The topological polar surface area (TPSA) is 86.2 Å². The Kier molecular flexibility index (Phi) is 3.11. The van der Waals surface area contributed by atoms with Crippen molar-refractivity contribution in [2.75, 3.05) is 0 Å². The van der Waals surface area contributed by atoms with Crippen molar-refractivity contribution < 1.29 is 14.1 Å². The fourth-order valence-electron chi connectivity index (χ4n) is 1.15. The number of hydrogen-bond acceptors (Lipinski definition) is 4. The van der Waals surface area contributed by atoms with Crippen LogP contribution in [0.1, 0.15) is 17.2 Å². The van der Waals surface area contributed by atoms with E-state index in [0.29, 0.717) is 6.29 Å². The lowest BCUT2D eigenvalue weighted by atomic mass is 10.0. The zero-order chi connectivity index (χ0) is 11.6. The molecule has 0 aromatic heterocycles. The third-order valence-corrected chi connectivity index (χ3v) is 2.07. The van der Waals surface area contributed by atoms with Crippen molar-refractivity contribution in [1.29, 1.82) is 0 Å². The molecule has 0 unspecified atom stereocenters. The number of nitro benzene ring substituents is 1. The molecule has 0 heterocycles. The number of carbonyl (C=O) groups excluding carboxylic acids is 1. The van der Waals surface area contributed by atoms with Crippen LogP contribution in [0.15, 0.2) is 12.1 Å². The summed E-state index contributed by atoms with van der Waals surface area (Å²) in [7, 11) is 0. The first-order valence-corrected chi connectivity index (χ1v) is 4.12. The van der Waals surface area contributed by atoms with Crippen molar-refractivity contribution in [2.24, 2.45) is 5.73 Å². The Morgan fingerprint density at radius 1 is 1.60 bits per heavy atom. The van der Waals surface area contributed by atoms with Crippen molar-refractivity contribution in [3.05, 3.63) is 39.2 Å². The summed E-state index contributed by atoms with van der Waals surface area (Å²) in [5, 5.41) is 10.5. The normalized spacial score (nSPS) is 12.2. The second-order valence-corrected chi connectivity index (χ2v) is 3.07. The molecule has 0 aliphatic rings. The molecule has 0 fully saturated rings. The van der Waals surface area contributed by atoms with Crippen LogP contribution in [0.3, 0.4) is 0 Å². The highest BCUT2D eigenvalue weighted by molar-refractivity contribution is 5.62. The van der Waals surface area contributed by atoms with Gasteiger partial charge in [-0.05, 0) is 18.6 Å². The first-order valence-electron chi connectivity index (χ1n) is 4.12. The van der Waals surface area contributed by atoms with Crippen molar-refractivity contribution in [3.8, 4) is 0 Å². The van der Waals surface area contributed by atoms with E-state index in [-0.39, 0.29) is 16.8 Å². The Labute approximate surface area is 84.8 Å². The van der Waals surface area contributed by atoms with Gasteiger partial charge in [0, 0.05) is 6.07 Å². The lowest BCUT2D eigenvalue weighted by Crippen LogP contribution is -2.12. The molecule has 0 spiro atoms. The highest BCUT2D eigenvalue weighted by atomic mass is 19.1. The lowest BCUT2D eigenvalue weighted by molar-refractivity contribution is -0.385. The maximum atomic E-state index is 13.2. The maximum absolute atomic E-state index is 13.2. The summed E-state index contributed by atoms with van der Waals surface area (Å²) in [5.74, 6) is -0.739. The molecule has 1 aromatic rings. The van der Waals surface area contributed by atoms with Gasteiger partial charge in [0.1, 0.15) is 12.1 Å². The van der Waals surface area contributed by atoms with Gasteiger partial charge >= 0.3 is 0 Å². The first-order chi connectivity index (χ1) is 6.97. The Balaban J connectivity index is 3.35. The van der Waals surface area contributed by atoms with Gasteiger partial charge in [0.15, 0.2) is 0 Å². The Morgan fingerprint density at radius 2 is 2.20 bits per heavy atom. The molecular formula is C9H9FN2O3. The van der Waals surface area contributed by atoms with E-state index in [1.807, 2.05) is 0 Å². The molecule has 2 N–H and O–H groups in total. The summed E-state index contributed by atoms with van der Waals surface area (Å²) in [5.41, 5.74) is 4.98. The average Bonchev–Trinajstić information content (AvgIpc) is 2.20. The van der Waals surface area contributed by atoms with Crippen LogP contribution in [0.4, 0.5) is 10.1 Å². The van der Waals surface area contributed by atoms with E-state index >= 15 is 0 Å². The number of rotatable bonds is 3. The second kappa shape index (κ2) is 4.14. The fraction of sp³-hybridized carbons (Fsp3) is 0.222. The van der Waals surface area contributed by atoms with Gasteiger partial charge in [-0.3, -0.25) is 10.1 Å². The van der Waals surface area contributed by atoms with Crippen molar-refractivity contribution >= 4 is 12.0 Å². The number of aldehydes is 1. The minimum Gasteiger partial charge on any atom is -0.318 e. The highest BCUT2D eigenvalue weighted by Gasteiger charge is 2.18. The van der Waals surface area contributed by atoms with E-state index in [1.54, 1.807) is 0 Å². The Bertz CT molecular complexity index is 420. The van der Waals surface area contributed by atoms with Gasteiger partial charge in [-0.2, -0.15) is 0 Å². The van der Waals surface area contributed by atoms with Gasteiger partial charge in [-0.25, -0.2) is 4.39 Å². The molecule has 1 aromatic carbocycles. The minimum absolute atomic E-state index is 0.0677. The number of carbonyl (C=O) groups is 1. The zero-order valence-corrected chi connectivity index (χ0v) is 7.94. The summed E-state index contributed by atoms with van der Waals surface area (Å²) in [6, 6.07) is 1.09. The summed E-state index contributed by atoms with van der Waals surface area (Å²) in [4.78, 5) is 20.2. The van der Waals surface area contributed by atoms with E-state index < -0.39 is 16.8 Å². The monoisotopic (exact) mass is 212 g/mol. The first kappa shape index (κ1) is 11.3. The van der Waals surface area contributed by atoms with Gasteiger partial charge < -0.3 is 10.5 Å². The third kappa shape index (κ3) is 2.16. The largest absolute Gasteiger partial charge is 0.318 e. The van der Waals surface area contributed by atoms with Gasteiger partial charge in [0.25, 0.3) is 5.69 Å². The van der Waals surface area contributed by atoms with Crippen LogP contribution in [0.5, 0.6) is 0 Å². The van der Waals surface area contributed by atoms with Crippen molar-refractivity contribution in [2.45, 2.75) is 13.0 Å². The minimum atomic E-state index is -1.04. The predicted molar refractivity (Wildman–Crippen MR) is 50.8 cm³/mol. The molecule has 0 saturated carbocycles. The maximum Gasteiger partial charge on any atom is 0.275 e. The van der Waals surface area contributed by atoms with Gasteiger partial charge in [0.05, 0.1) is 16.5 Å². The molecule has 0 aliphatic heterocycles. The van der Waals surface area contributed by atoms with Crippen LogP contribution in [0.2, 0.25) is 0 Å². The zero-order valence-electron chi connectivity index (χ0n) is 7.94. The predicted octanol–water partition coefficient (Wildman–Crippen LogP) is 1.24. The molecule has 1 atom stereocenters. The van der Waals surface area contributed by atoms with E-state index in [2.05, 4.69) is 0 Å². The van der Waals surface area contributed by atoms with Crippen molar-refractivity contribution in [1.82, 2.24) is 0 Å². The molecule has 0 saturated heterocycles. The number of halogens is 1. The molecule has 1 rings (SSSR count). The van der Waals surface area contributed by atoms with E-state index in [1.165, 1.54) is 6.92 Å². The molecular weight excluding hydrogens is 203 g/mol. The smallest absolute Gasteiger partial charge is 0.275 e. The summed E-state index contributed by atoms with van der Waals surface area (Å²) >= 11 is 0. The summed E-state index contributed by atoms with van der Waals surface area (Å²) in [6.45, 7) is 1.30. The molecule has 6 heteroatoms. The van der Waals surface area contributed by atoms with Crippen LogP contribution in [0, 0.1) is 22.9 Å². The fourth-order valence-corrected chi connectivity index (χ4v) is 1.15. The van der Waals surface area contributed by atoms with Crippen LogP contribution < -0.4 is 5.73 Å². The molecule has 15 heavy (non-hydrogen) atoms. The summed E-state index contributed by atoms with van der Waals surface area (Å²) in [6.07, 6.45) is 0.397. The number of nitrogens with two attached hydrogens (primary N) is 1. The molecule has 80 valence electrons. The Hall–Kier alpha value is -1.82. The lowest BCUT2D eigenvalue weighted by Gasteiger charge is -2.06. The standard InChI is InChI=1S/C9H9FN2O3/c1-5-7(10)2-6(8(11)4-13)3-9(5)12(14)15/h2-4,8H,11H2,1H3/t8-/m1/s1. The summed E-state index contributed by atoms with van der Waals surface area (Å²) < 4.78 is 13.2. The van der Waals surface area contributed by atoms with E-state index in [4.69, 9.17) is 5.73 Å². The van der Waals surface area contributed by atoms with Crippen LogP contribution in [-0.2, 0) is 4.79 Å². The molecule has 5 nitrogen and oxygen atoms in total. The van der Waals surface area contributed by atoms with Crippen LogP contribution >= 0.6 is 0 Å².